The molecule has 1 aliphatic carbocycles. The largest absolute Gasteiger partial charge is 0.387 e. The van der Waals surface area contributed by atoms with Gasteiger partial charge in [-0.25, -0.2) is 0 Å². The lowest BCUT2D eigenvalue weighted by Crippen LogP contribution is -2.47. The molecule has 0 saturated carbocycles. The highest BCUT2D eigenvalue weighted by atomic mass is 16.6. The van der Waals surface area contributed by atoms with Crippen LogP contribution in [0.15, 0.2) is 42.5 Å². The van der Waals surface area contributed by atoms with Gasteiger partial charge in [0.25, 0.3) is 0 Å². The van der Waals surface area contributed by atoms with Crippen LogP contribution in [0.4, 0.5) is 0 Å². The van der Waals surface area contributed by atoms with Crippen molar-refractivity contribution in [2.75, 3.05) is 0 Å². The minimum atomic E-state index is -0.686. The number of benzene rings is 1. The molecule has 19 heavy (non-hydrogen) atoms. The molecule has 0 radical (unpaired) electrons. The summed E-state index contributed by atoms with van der Waals surface area (Å²) in [7, 11) is 0. The zero-order valence-electron chi connectivity index (χ0n) is 11.3. The van der Waals surface area contributed by atoms with Crippen molar-refractivity contribution in [1.82, 2.24) is 0 Å². The quantitative estimate of drug-likeness (QED) is 0.848. The van der Waals surface area contributed by atoms with E-state index in [-0.39, 0.29) is 18.1 Å². The molecule has 5 atom stereocenters. The summed E-state index contributed by atoms with van der Waals surface area (Å²) in [4.78, 5) is 0. The van der Waals surface area contributed by atoms with Crippen molar-refractivity contribution < 1.29 is 14.6 Å². The molecule has 3 heteroatoms. The second kappa shape index (κ2) is 4.75. The standard InChI is InChI=1S/C16H20O3/c1-11-8-9-16(14(17)12(2)19-15(11)16)18-10-13-6-4-3-5-7-13/h3-9,11-12,14-15,17H,10H2,1-2H3/t11-,12+,14-,15-,16+/m1/s1. The number of ether oxygens (including phenoxy) is 2. The first-order valence-electron chi connectivity index (χ1n) is 6.84. The Hall–Kier alpha value is -1.16. The van der Waals surface area contributed by atoms with Gasteiger partial charge in [0.05, 0.1) is 18.8 Å². The normalized spacial score (nSPS) is 40.6. The second-order valence-corrected chi connectivity index (χ2v) is 5.55. The summed E-state index contributed by atoms with van der Waals surface area (Å²) in [6.45, 7) is 4.48. The molecule has 1 N–H and O–H groups in total. The van der Waals surface area contributed by atoms with Crippen LogP contribution in [0.1, 0.15) is 19.4 Å². The Bertz CT molecular complexity index is 470. The molecular formula is C16H20O3. The molecule has 3 nitrogen and oxygen atoms in total. The van der Waals surface area contributed by atoms with E-state index in [1.807, 2.05) is 43.3 Å². The number of rotatable bonds is 3. The Labute approximate surface area is 113 Å². The van der Waals surface area contributed by atoms with E-state index >= 15 is 0 Å². The fraction of sp³-hybridized carbons (Fsp3) is 0.500. The summed E-state index contributed by atoms with van der Waals surface area (Å²) >= 11 is 0. The molecule has 3 rings (SSSR count). The topological polar surface area (TPSA) is 38.7 Å². The van der Waals surface area contributed by atoms with E-state index in [0.29, 0.717) is 6.61 Å². The zero-order valence-corrected chi connectivity index (χ0v) is 11.3. The summed E-state index contributed by atoms with van der Waals surface area (Å²) < 4.78 is 12.0. The van der Waals surface area contributed by atoms with Gasteiger partial charge in [-0.3, -0.25) is 0 Å². The van der Waals surface area contributed by atoms with E-state index in [0.717, 1.165) is 5.56 Å². The third kappa shape index (κ3) is 2.02. The van der Waals surface area contributed by atoms with Gasteiger partial charge in [0, 0.05) is 5.92 Å². The Kier molecular flexibility index (Phi) is 3.21. The molecule has 0 amide bonds. The van der Waals surface area contributed by atoms with Gasteiger partial charge in [-0.1, -0.05) is 49.4 Å². The van der Waals surface area contributed by atoms with Gasteiger partial charge in [0.1, 0.15) is 11.7 Å². The van der Waals surface area contributed by atoms with Crippen LogP contribution >= 0.6 is 0 Å². The molecular weight excluding hydrogens is 240 g/mol. The Morgan fingerprint density at radius 1 is 1.26 bits per heavy atom. The fourth-order valence-corrected chi connectivity index (χ4v) is 3.08. The van der Waals surface area contributed by atoms with E-state index in [9.17, 15) is 5.11 Å². The molecule has 0 aromatic heterocycles. The Balaban J connectivity index is 1.79. The van der Waals surface area contributed by atoms with E-state index in [1.54, 1.807) is 0 Å². The fourth-order valence-electron chi connectivity index (χ4n) is 3.08. The number of hydrogen-bond donors (Lipinski definition) is 1. The Morgan fingerprint density at radius 2 is 2.00 bits per heavy atom. The average Bonchev–Trinajstić information content (AvgIpc) is 2.87. The van der Waals surface area contributed by atoms with Gasteiger partial charge in [0.15, 0.2) is 0 Å². The number of fused-ring (bicyclic) bond motifs is 1. The van der Waals surface area contributed by atoms with Crippen LogP contribution in [0, 0.1) is 5.92 Å². The molecule has 1 aromatic carbocycles. The maximum Gasteiger partial charge on any atom is 0.142 e. The highest BCUT2D eigenvalue weighted by molar-refractivity contribution is 5.25. The van der Waals surface area contributed by atoms with Crippen molar-refractivity contribution in [3.05, 3.63) is 48.0 Å². The average molecular weight is 260 g/mol. The van der Waals surface area contributed by atoms with Crippen LogP contribution in [0.5, 0.6) is 0 Å². The van der Waals surface area contributed by atoms with Crippen LogP contribution in [-0.4, -0.2) is 29.0 Å². The minimum Gasteiger partial charge on any atom is -0.387 e. The third-order valence-electron chi connectivity index (χ3n) is 4.18. The maximum absolute atomic E-state index is 10.4. The number of aliphatic hydroxyl groups is 1. The van der Waals surface area contributed by atoms with Crippen LogP contribution in [0.2, 0.25) is 0 Å². The van der Waals surface area contributed by atoms with Crippen molar-refractivity contribution in [1.29, 1.82) is 0 Å². The van der Waals surface area contributed by atoms with Crippen LogP contribution in [0.3, 0.4) is 0 Å². The lowest BCUT2D eigenvalue weighted by atomic mass is 9.91. The lowest BCUT2D eigenvalue weighted by Gasteiger charge is -2.31. The van der Waals surface area contributed by atoms with Gasteiger partial charge in [0.2, 0.25) is 0 Å². The molecule has 1 aliphatic heterocycles. The first-order chi connectivity index (χ1) is 9.13. The summed E-state index contributed by atoms with van der Waals surface area (Å²) in [5.41, 5.74) is 0.421. The van der Waals surface area contributed by atoms with E-state index in [1.165, 1.54) is 0 Å². The summed E-state index contributed by atoms with van der Waals surface area (Å²) in [5.74, 6) is 0.273. The highest BCUT2D eigenvalue weighted by Gasteiger charge is 2.58. The second-order valence-electron chi connectivity index (χ2n) is 5.55. The lowest BCUT2D eigenvalue weighted by molar-refractivity contribution is -0.103. The maximum atomic E-state index is 10.4. The summed E-state index contributed by atoms with van der Waals surface area (Å²) in [6.07, 6.45) is 3.18. The van der Waals surface area contributed by atoms with Crippen LogP contribution < -0.4 is 0 Å². The first kappa shape index (κ1) is 12.9. The van der Waals surface area contributed by atoms with Crippen molar-refractivity contribution >= 4 is 0 Å². The first-order valence-corrected chi connectivity index (χ1v) is 6.84. The zero-order chi connectivity index (χ0) is 13.5. The van der Waals surface area contributed by atoms with Gasteiger partial charge in [-0.15, -0.1) is 0 Å². The van der Waals surface area contributed by atoms with Crippen molar-refractivity contribution in [3.63, 3.8) is 0 Å². The van der Waals surface area contributed by atoms with Gasteiger partial charge < -0.3 is 14.6 Å². The minimum absolute atomic E-state index is 0.0822. The molecule has 1 aromatic rings. The molecule has 0 spiro atoms. The van der Waals surface area contributed by atoms with Crippen molar-refractivity contribution in [3.8, 4) is 0 Å². The monoisotopic (exact) mass is 260 g/mol. The smallest absolute Gasteiger partial charge is 0.142 e. The van der Waals surface area contributed by atoms with Gasteiger partial charge in [-0.2, -0.15) is 0 Å². The van der Waals surface area contributed by atoms with Crippen LogP contribution in [-0.2, 0) is 16.1 Å². The third-order valence-corrected chi connectivity index (χ3v) is 4.18. The van der Waals surface area contributed by atoms with Crippen molar-refractivity contribution in [2.45, 2.75) is 44.4 Å². The molecule has 1 saturated heterocycles. The van der Waals surface area contributed by atoms with Gasteiger partial charge >= 0.3 is 0 Å². The Morgan fingerprint density at radius 3 is 2.74 bits per heavy atom. The number of aliphatic hydroxyl groups excluding tert-OH is 1. The number of hydrogen-bond acceptors (Lipinski definition) is 3. The predicted octanol–water partition coefficient (Wildman–Crippen LogP) is 2.30. The van der Waals surface area contributed by atoms with E-state index in [2.05, 4.69) is 13.0 Å². The molecule has 2 aliphatic rings. The molecule has 0 bridgehead atoms. The van der Waals surface area contributed by atoms with Crippen molar-refractivity contribution in [2.24, 2.45) is 5.92 Å². The van der Waals surface area contributed by atoms with Gasteiger partial charge in [-0.05, 0) is 12.5 Å². The SMILES string of the molecule is C[C@@H]1C=C[C@]2(OCc3ccccc3)[C@H](O)[C@H](C)O[C@H]12. The summed E-state index contributed by atoms with van der Waals surface area (Å²) in [6, 6.07) is 10.0. The molecule has 1 fully saturated rings. The molecule has 0 unspecified atom stereocenters. The summed E-state index contributed by atoms with van der Waals surface area (Å²) in [5, 5.41) is 10.4. The highest BCUT2D eigenvalue weighted by Crippen LogP contribution is 2.44. The van der Waals surface area contributed by atoms with E-state index < -0.39 is 11.7 Å². The van der Waals surface area contributed by atoms with E-state index in [4.69, 9.17) is 9.47 Å². The molecule has 102 valence electrons. The van der Waals surface area contributed by atoms with Crippen LogP contribution in [0.25, 0.3) is 0 Å². The molecule has 1 heterocycles. The predicted molar refractivity (Wildman–Crippen MR) is 72.6 cm³/mol.